The molecule has 1 heterocycles. The first-order valence-corrected chi connectivity index (χ1v) is 7.08. The molecule has 0 bridgehead atoms. The number of benzene rings is 1. The Hall–Kier alpha value is -1.56. The van der Waals surface area contributed by atoms with Crippen molar-refractivity contribution >= 4 is 11.6 Å². The number of hydrogen-bond acceptors (Lipinski definition) is 2. The summed E-state index contributed by atoms with van der Waals surface area (Å²) >= 11 is 0. The van der Waals surface area contributed by atoms with E-state index in [1.807, 2.05) is 6.92 Å². The van der Waals surface area contributed by atoms with Crippen LogP contribution < -0.4 is 5.32 Å². The Bertz CT molecular complexity index is 496. The fraction of sp³-hybridized carbons (Fsp3) is 0.533. The first-order chi connectivity index (χ1) is 9.88. The highest BCUT2D eigenvalue weighted by molar-refractivity contribution is 5.92. The molecule has 1 aromatic carbocycles. The smallest absolute Gasteiger partial charge is 0.325 e. The summed E-state index contributed by atoms with van der Waals surface area (Å²) in [6, 6.07) is 5.09. The van der Waals surface area contributed by atoms with Gasteiger partial charge in [0.15, 0.2) is 0 Å². The van der Waals surface area contributed by atoms with E-state index < -0.39 is 11.7 Å². The van der Waals surface area contributed by atoms with Gasteiger partial charge in [-0.3, -0.25) is 4.79 Å². The van der Waals surface area contributed by atoms with Gasteiger partial charge in [-0.15, -0.1) is 0 Å². The average molecular weight is 300 g/mol. The lowest BCUT2D eigenvalue weighted by Gasteiger charge is -2.23. The van der Waals surface area contributed by atoms with E-state index in [0.717, 1.165) is 32.0 Å². The summed E-state index contributed by atoms with van der Waals surface area (Å²) in [6.07, 6.45) is -2.04. The monoisotopic (exact) mass is 300 g/mol. The standard InChI is InChI=1S/C15H19F3N2O/c1-11(20-8-4-5-9-20)10-14(21)19-13-7-3-2-6-12(13)15(16,17)18/h2-3,6-7,11H,4-5,8-10H2,1H3,(H,19,21). The number of halogens is 3. The molecule has 0 saturated carbocycles. The molecule has 1 N–H and O–H groups in total. The summed E-state index contributed by atoms with van der Waals surface area (Å²) in [6.45, 7) is 3.84. The first-order valence-electron chi connectivity index (χ1n) is 7.08. The van der Waals surface area contributed by atoms with Crippen LogP contribution in [0.4, 0.5) is 18.9 Å². The number of alkyl halides is 3. The average Bonchev–Trinajstić information content (AvgIpc) is 2.91. The fourth-order valence-electron chi connectivity index (χ4n) is 2.62. The largest absolute Gasteiger partial charge is 0.418 e. The van der Waals surface area contributed by atoms with Gasteiger partial charge in [0.25, 0.3) is 0 Å². The number of nitrogens with one attached hydrogen (secondary N) is 1. The predicted octanol–water partition coefficient (Wildman–Crippen LogP) is 3.52. The lowest BCUT2D eigenvalue weighted by molar-refractivity contribution is -0.137. The third-order valence-electron chi connectivity index (χ3n) is 3.75. The molecule has 1 aromatic rings. The van der Waals surface area contributed by atoms with Gasteiger partial charge in [-0.05, 0) is 45.0 Å². The van der Waals surface area contributed by atoms with E-state index in [1.165, 1.54) is 18.2 Å². The number of amides is 1. The van der Waals surface area contributed by atoms with Crippen LogP contribution in [0.1, 0.15) is 31.7 Å². The van der Waals surface area contributed by atoms with Gasteiger partial charge < -0.3 is 10.2 Å². The zero-order valence-corrected chi connectivity index (χ0v) is 11.9. The van der Waals surface area contributed by atoms with Crippen LogP contribution in [-0.4, -0.2) is 29.9 Å². The molecular formula is C15H19F3N2O. The zero-order chi connectivity index (χ0) is 15.5. The predicted molar refractivity (Wildman–Crippen MR) is 75.0 cm³/mol. The van der Waals surface area contributed by atoms with Crippen LogP contribution in [-0.2, 0) is 11.0 Å². The first kappa shape index (κ1) is 15.8. The number of likely N-dealkylation sites (tertiary alicyclic amines) is 1. The minimum atomic E-state index is -4.47. The Morgan fingerprint density at radius 2 is 1.90 bits per heavy atom. The molecule has 116 valence electrons. The van der Waals surface area contributed by atoms with Gasteiger partial charge in [0.2, 0.25) is 5.91 Å². The Labute approximate surface area is 122 Å². The van der Waals surface area contributed by atoms with Crippen LogP contribution in [0.5, 0.6) is 0 Å². The minimum Gasteiger partial charge on any atom is -0.325 e. The van der Waals surface area contributed by atoms with Gasteiger partial charge in [0, 0.05) is 12.5 Å². The molecule has 1 aliphatic rings. The molecule has 0 aromatic heterocycles. The van der Waals surface area contributed by atoms with Crippen molar-refractivity contribution < 1.29 is 18.0 Å². The Balaban J connectivity index is 1.99. The molecule has 1 fully saturated rings. The summed E-state index contributed by atoms with van der Waals surface area (Å²) in [7, 11) is 0. The Morgan fingerprint density at radius 3 is 2.52 bits per heavy atom. The van der Waals surface area contributed by atoms with Crippen molar-refractivity contribution in [1.29, 1.82) is 0 Å². The van der Waals surface area contributed by atoms with Gasteiger partial charge in [-0.25, -0.2) is 0 Å². The molecule has 1 aliphatic heterocycles. The summed E-state index contributed by atoms with van der Waals surface area (Å²) in [5.74, 6) is -0.383. The van der Waals surface area contributed by atoms with E-state index in [9.17, 15) is 18.0 Å². The number of para-hydroxylation sites is 1. The molecule has 6 heteroatoms. The number of hydrogen-bond donors (Lipinski definition) is 1. The van der Waals surface area contributed by atoms with E-state index in [1.54, 1.807) is 0 Å². The normalized spacial score (nSPS) is 17.7. The molecule has 2 rings (SSSR count). The summed E-state index contributed by atoms with van der Waals surface area (Å²) in [5, 5.41) is 2.39. The van der Waals surface area contributed by atoms with Crippen molar-refractivity contribution in [2.75, 3.05) is 18.4 Å². The van der Waals surface area contributed by atoms with E-state index in [0.29, 0.717) is 0 Å². The van der Waals surface area contributed by atoms with E-state index in [2.05, 4.69) is 10.2 Å². The molecule has 21 heavy (non-hydrogen) atoms. The maximum atomic E-state index is 12.8. The summed E-state index contributed by atoms with van der Waals surface area (Å²) in [4.78, 5) is 14.1. The van der Waals surface area contributed by atoms with Crippen LogP contribution in [0.15, 0.2) is 24.3 Å². The molecular weight excluding hydrogens is 281 g/mol. The number of carbonyl (C=O) groups excluding carboxylic acids is 1. The van der Waals surface area contributed by atoms with Crippen molar-refractivity contribution in [2.24, 2.45) is 0 Å². The van der Waals surface area contributed by atoms with Crippen molar-refractivity contribution in [1.82, 2.24) is 4.90 Å². The zero-order valence-electron chi connectivity index (χ0n) is 11.9. The number of rotatable bonds is 4. The maximum Gasteiger partial charge on any atom is 0.418 e. The topological polar surface area (TPSA) is 32.3 Å². The van der Waals surface area contributed by atoms with Crippen LogP contribution in [0.3, 0.4) is 0 Å². The quantitative estimate of drug-likeness (QED) is 0.922. The number of carbonyl (C=O) groups is 1. The molecule has 0 aliphatic carbocycles. The lowest BCUT2D eigenvalue weighted by atomic mass is 10.1. The summed E-state index contributed by atoms with van der Waals surface area (Å²) < 4.78 is 38.5. The highest BCUT2D eigenvalue weighted by Gasteiger charge is 2.33. The Kier molecular flexibility index (Phi) is 4.88. The van der Waals surface area contributed by atoms with Crippen LogP contribution in [0.2, 0.25) is 0 Å². The van der Waals surface area contributed by atoms with Crippen LogP contribution >= 0.6 is 0 Å². The minimum absolute atomic E-state index is 0.0468. The van der Waals surface area contributed by atoms with Gasteiger partial charge >= 0.3 is 6.18 Å². The highest BCUT2D eigenvalue weighted by atomic mass is 19.4. The molecule has 3 nitrogen and oxygen atoms in total. The third-order valence-corrected chi connectivity index (χ3v) is 3.75. The second-order valence-corrected chi connectivity index (χ2v) is 5.39. The maximum absolute atomic E-state index is 12.8. The number of nitrogens with zero attached hydrogens (tertiary/aromatic N) is 1. The number of anilines is 1. The van der Waals surface area contributed by atoms with E-state index >= 15 is 0 Å². The SMILES string of the molecule is CC(CC(=O)Nc1ccccc1C(F)(F)F)N1CCCC1. The fourth-order valence-corrected chi connectivity index (χ4v) is 2.62. The van der Waals surface area contributed by atoms with Gasteiger partial charge in [-0.1, -0.05) is 12.1 Å². The highest BCUT2D eigenvalue weighted by Crippen LogP contribution is 2.34. The van der Waals surface area contributed by atoms with Gasteiger partial charge in [0.1, 0.15) is 0 Å². The van der Waals surface area contributed by atoms with Crippen molar-refractivity contribution in [3.63, 3.8) is 0 Å². The second-order valence-electron chi connectivity index (χ2n) is 5.39. The summed E-state index contributed by atoms with van der Waals surface area (Å²) in [5.41, 5.74) is -0.990. The Morgan fingerprint density at radius 1 is 1.29 bits per heavy atom. The van der Waals surface area contributed by atoms with Gasteiger partial charge in [-0.2, -0.15) is 13.2 Å². The van der Waals surface area contributed by atoms with Crippen molar-refractivity contribution in [3.8, 4) is 0 Å². The van der Waals surface area contributed by atoms with Crippen LogP contribution in [0, 0.1) is 0 Å². The lowest BCUT2D eigenvalue weighted by Crippen LogP contribution is -2.33. The van der Waals surface area contributed by atoms with Crippen molar-refractivity contribution in [2.45, 2.75) is 38.4 Å². The van der Waals surface area contributed by atoms with Crippen LogP contribution in [0.25, 0.3) is 0 Å². The third kappa shape index (κ3) is 4.20. The van der Waals surface area contributed by atoms with E-state index in [4.69, 9.17) is 0 Å². The van der Waals surface area contributed by atoms with Gasteiger partial charge in [0.05, 0.1) is 11.3 Å². The molecule has 0 radical (unpaired) electrons. The molecule has 1 unspecified atom stereocenters. The van der Waals surface area contributed by atoms with Crippen molar-refractivity contribution in [3.05, 3.63) is 29.8 Å². The molecule has 0 spiro atoms. The molecule has 1 amide bonds. The second kappa shape index (κ2) is 6.47. The van der Waals surface area contributed by atoms with E-state index in [-0.39, 0.29) is 24.1 Å². The molecule has 1 atom stereocenters. The molecule has 1 saturated heterocycles.